The summed E-state index contributed by atoms with van der Waals surface area (Å²) < 4.78 is 18.9. The third kappa shape index (κ3) is 3.08. The molecular weight excluding hydrogens is 343 g/mol. The number of hydrogen-bond donors (Lipinski definition) is 0. The van der Waals surface area contributed by atoms with E-state index in [-0.39, 0.29) is 4.57 Å². The van der Waals surface area contributed by atoms with Crippen molar-refractivity contribution in [1.29, 1.82) is 0 Å². The molecule has 12 heteroatoms. The Morgan fingerprint density at radius 2 is 1.88 bits per heavy atom. The maximum Gasteiger partial charge on any atom is 0.341 e. The largest absolute Gasteiger partial charge is 0.468 e. The van der Waals surface area contributed by atoms with Crippen molar-refractivity contribution in [2.45, 2.75) is 6.54 Å². The van der Waals surface area contributed by atoms with Crippen molar-refractivity contribution >= 4 is 11.7 Å². The maximum absolute atomic E-state index is 13.5. The molecule has 0 aliphatic carbocycles. The van der Waals surface area contributed by atoms with Crippen LogP contribution in [0.4, 0.5) is 10.1 Å². The van der Waals surface area contributed by atoms with Crippen LogP contribution in [0.3, 0.4) is 0 Å². The summed E-state index contributed by atoms with van der Waals surface area (Å²) in [5.74, 6) is -1.90. The van der Waals surface area contributed by atoms with Crippen molar-refractivity contribution in [2.24, 2.45) is 7.05 Å². The highest BCUT2D eigenvalue weighted by Crippen LogP contribution is 2.21. The summed E-state index contributed by atoms with van der Waals surface area (Å²) in [5, 5.41) is 11.1. The van der Waals surface area contributed by atoms with E-state index in [0.29, 0.717) is 15.2 Å². The number of esters is 1. The molecule has 2 aromatic rings. The first-order valence-corrected chi connectivity index (χ1v) is 6.63. The molecule has 0 atom stereocenters. The van der Waals surface area contributed by atoms with Crippen LogP contribution in [0.1, 0.15) is 0 Å². The van der Waals surface area contributed by atoms with Crippen molar-refractivity contribution < 1.29 is 18.8 Å². The summed E-state index contributed by atoms with van der Waals surface area (Å²) in [6.45, 7) is -0.828. The number of carbonyl (C=O) groups excluding carboxylic acids is 1. The molecule has 1 aromatic heterocycles. The first-order chi connectivity index (χ1) is 11.7. The van der Waals surface area contributed by atoms with Gasteiger partial charge in [-0.25, -0.2) is 32.5 Å². The lowest BCUT2D eigenvalue weighted by atomic mass is 10.2. The SMILES string of the molecule is COC(=O)Cn1c(=O)n(C)c(=O)n(-c2cc(F)ccc2[N+](=O)[O-])c1=O. The van der Waals surface area contributed by atoms with Crippen LogP contribution in [-0.4, -0.2) is 31.7 Å². The van der Waals surface area contributed by atoms with Gasteiger partial charge in [0.25, 0.3) is 5.69 Å². The lowest BCUT2D eigenvalue weighted by Crippen LogP contribution is -2.54. The second-order valence-electron chi connectivity index (χ2n) is 4.79. The zero-order chi connectivity index (χ0) is 18.9. The van der Waals surface area contributed by atoms with Gasteiger partial charge in [-0.1, -0.05) is 0 Å². The molecule has 132 valence electrons. The Labute approximate surface area is 137 Å². The van der Waals surface area contributed by atoms with E-state index in [0.717, 1.165) is 26.3 Å². The predicted octanol–water partition coefficient (Wildman–Crippen LogP) is -1.08. The molecule has 2 rings (SSSR count). The fourth-order valence-corrected chi connectivity index (χ4v) is 2.06. The third-order valence-corrected chi connectivity index (χ3v) is 3.31. The Morgan fingerprint density at radius 3 is 2.44 bits per heavy atom. The van der Waals surface area contributed by atoms with E-state index in [9.17, 15) is 33.7 Å². The van der Waals surface area contributed by atoms with Gasteiger partial charge in [0.15, 0.2) is 0 Å². The Morgan fingerprint density at radius 1 is 1.24 bits per heavy atom. The van der Waals surface area contributed by atoms with Gasteiger partial charge in [0.1, 0.15) is 18.0 Å². The summed E-state index contributed by atoms with van der Waals surface area (Å²) in [6.07, 6.45) is 0. The zero-order valence-electron chi connectivity index (χ0n) is 13.0. The van der Waals surface area contributed by atoms with Crippen molar-refractivity contribution in [3.63, 3.8) is 0 Å². The van der Waals surface area contributed by atoms with E-state index < -0.39 is 51.7 Å². The first-order valence-electron chi connectivity index (χ1n) is 6.63. The number of halogens is 1. The summed E-state index contributed by atoms with van der Waals surface area (Å²) >= 11 is 0. The van der Waals surface area contributed by atoms with E-state index in [1.54, 1.807) is 0 Å². The number of benzene rings is 1. The van der Waals surface area contributed by atoms with Crippen LogP contribution < -0.4 is 17.1 Å². The highest BCUT2D eigenvalue weighted by Gasteiger charge is 2.23. The second kappa shape index (κ2) is 6.51. The molecule has 0 unspecified atom stereocenters. The molecule has 0 saturated carbocycles. The molecule has 0 bridgehead atoms. The molecule has 0 fully saturated rings. The molecule has 0 aliphatic rings. The van der Waals surface area contributed by atoms with Gasteiger partial charge < -0.3 is 4.74 Å². The van der Waals surface area contributed by atoms with Crippen molar-refractivity contribution in [1.82, 2.24) is 13.7 Å². The minimum Gasteiger partial charge on any atom is -0.468 e. The lowest BCUT2D eigenvalue weighted by Gasteiger charge is -2.11. The van der Waals surface area contributed by atoms with Gasteiger partial charge in [-0.05, 0) is 6.07 Å². The van der Waals surface area contributed by atoms with Crippen LogP contribution in [0.2, 0.25) is 0 Å². The molecule has 25 heavy (non-hydrogen) atoms. The van der Waals surface area contributed by atoms with Gasteiger partial charge in [-0.15, -0.1) is 0 Å². The average Bonchev–Trinajstić information content (AvgIpc) is 2.56. The minimum absolute atomic E-state index is 0.242. The van der Waals surface area contributed by atoms with Crippen LogP contribution in [-0.2, 0) is 23.1 Å². The Bertz CT molecular complexity index is 1050. The standard InChI is InChI=1S/C13H11FN4O7/c1-15-11(20)16(6-10(19)25-2)13(22)17(12(15)21)9-5-7(14)3-4-8(9)18(23)24/h3-5H,6H2,1-2H3. The van der Waals surface area contributed by atoms with Crippen LogP contribution in [0.25, 0.3) is 5.69 Å². The minimum atomic E-state index is -1.34. The number of methoxy groups -OCH3 is 1. The van der Waals surface area contributed by atoms with Gasteiger partial charge in [-0.2, -0.15) is 0 Å². The Kier molecular flexibility index (Phi) is 4.63. The molecule has 0 N–H and O–H groups in total. The van der Waals surface area contributed by atoms with Crippen LogP contribution >= 0.6 is 0 Å². The van der Waals surface area contributed by atoms with Gasteiger partial charge >= 0.3 is 23.0 Å². The van der Waals surface area contributed by atoms with Gasteiger partial charge in [0.05, 0.1) is 12.0 Å². The van der Waals surface area contributed by atoms with Crippen LogP contribution in [0.15, 0.2) is 32.6 Å². The fourth-order valence-electron chi connectivity index (χ4n) is 2.06. The molecule has 0 spiro atoms. The lowest BCUT2D eigenvalue weighted by molar-refractivity contribution is -0.384. The smallest absolute Gasteiger partial charge is 0.341 e. The molecule has 0 amide bonds. The summed E-state index contributed by atoms with van der Waals surface area (Å²) in [4.78, 5) is 58.3. The highest BCUT2D eigenvalue weighted by atomic mass is 19.1. The number of hydrogen-bond acceptors (Lipinski definition) is 7. The third-order valence-electron chi connectivity index (χ3n) is 3.31. The number of carbonyl (C=O) groups is 1. The second-order valence-corrected chi connectivity index (χ2v) is 4.79. The quantitative estimate of drug-likeness (QED) is 0.387. The number of rotatable bonds is 4. The van der Waals surface area contributed by atoms with Gasteiger partial charge in [0.2, 0.25) is 0 Å². The monoisotopic (exact) mass is 354 g/mol. The highest BCUT2D eigenvalue weighted by molar-refractivity contribution is 5.68. The summed E-state index contributed by atoms with van der Waals surface area (Å²) in [7, 11) is 2.02. The van der Waals surface area contributed by atoms with Crippen LogP contribution in [0, 0.1) is 15.9 Å². The first kappa shape index (κ1) is 17.8. The summed E-state index contributed by atoms with van der Waals surface area (Å²) in [6, 6.07) is 2.15. The number of ether oxygens (including phenoxy) is 1. The maximum atomic E-state index is 13.5. The normalized spacial score (nSPS) is 10.5. The zero-order valence-corrected chi connectivity index (χ0v) is 13.0. The van der Waals surface area contributed by atoms with E-state index >= 15 is 0 Å². The predicted molar refractivity (Wildman–Crippen MR) is 80.2 cm³/mol. The van der Waals surface area contributed by atoms with E-state index in [1.807, 2.05) is 0 Å². The molecule has 11 nitrogen and oxygen atoms in total. The molecule has 0 aliphatic heterocycles. The summed E-state index contributed by atoms with van der Waals surface area (Å²) in [5.41, 5.74) is -5.11. The Hall–Kier alpha value is -3.57. The number of nitrogens with zero attached hydrogens (tertiary/aromatic N) is 4. The van der Waals surface area contributed by atoms with Gasteiger partial charge in [0, 0.05) is 19.2 Å². The number of nitro groups is 1. The van der Waals surface area contributed by atoms with Gasteiger partial charge in [-0.3, -0.25) is 14.9 Å². The average molecular weight is 354 g/mol. The molecule has 0 radical (unpaired) electrons. The van der Waals surface area contributed by atoms with E-state index in [4.69, 9.17) is 0 Å². The molecule has 1 heterocycles. The fraction of sp³-hybridized carbons (Fsp3) is 0.231. The van der Waals surface area contributed by atoms with Crippen molar-refractivity contribution in [3.05, 3.63) is 65.6 Å². The molecule has 1 aromatic carbocycles. The van der Waals surface area contributed by atoms with Crippen molar-refractivity contribution in [3.8, 4) is 5.69 Å². The number of nitro benzene ring substituents is 1. The number of aromatic nitrogens is 3. The van der Waals surface area contributed by atoms with E-state index in [2.05, 4.69) is 4.74 Å². The topological polar surface area (TPSA) is 135 Å². The molecule has 0 saturated heterocycles. The van der Waals surface area contributed by atoms with Crippen molar-refractivity contribution in [2.75, 3.05) is 7.11 Å². The Balaban J connectivity index is 2.94. The van der Waals surface area contributed by atoms with Crippen LogP contribution in [0.5, 0.6) is 0 Å². The van der Waals surface area contributed by atoms with E-state index in [1.165, 1.54) is 0 Å². The molecular formula is C13H11FN4O7.